The SMILES string of the molecule is Cc1cn(C)c2ncc(C3CCCCCC4=C(C4)C(C)(C)CC(C)(C)C3)nc12. The molecule has 1 unspecified atom stereocenters. The van der Waals surface area contributed by atoms with E-state index in [4.69, 9.17) is 9.97 Å². The van der Waals surface area contributed by atoms with Gasteiger partial charge in [-0.2, -0.15) is 0 Å². The van der Waals surface area contributed by atoms with Gasteiger partial charge in [0.05, 0.1) is 11.9 Å². The second kappa shape index (κ2) is 7.00. The first-order valence-corrected chi connectivity index (χ1v) is 11.2. The first-order valence-electron chi connectivity index (χ1n) is 11.2. The molecule has 28 heavy (non-hydrogen) atoms. The smallest absolute Gasteiger partial charge is 0.158 e. The molecule has 3 nitrogen and oxygen atoms in total. The first kappa shape index (κ1) is 19.7. The molecule has 0 amide bonds. The predicted octanol–water partition coefficient (Wildman–Crippen LogP) is 6.86. The molecule has 0 aromatic carbocycles. The van der Waals surface area contributed by atoms with Crippen LogP contribution >= 0.6 is 0 Å². The third-order valence-corrected chi connectivity index (χ3v) is 7.04. The molecule has 4 rings (SSSR count). The van der Waals surface area contributed by atoms with Crippen LogP contribution in [0.2, 0.25) is 0 Å². The molecule has 0 bridgehead atoms. The number of aromatic nitrogens is 3. The van der Waals surface area contributed by atoms with E-state index in [2.05, 4.69) is 58.6 Å². The quantitative estimate of drug-likeness (QED) is 0.507. The van der Waals surface area contributed by atoms with Crippen LogP contribution in [-0.2, 0) is 7.05 Å². The lowest BCUT2D eigenvalue weighted by molar-refractivity contribution is 0.196. The molecule has 0 N–H and O–H groups in total. The van der Waals surface area contributed by atoms with Crippen LogP contribution in [0.25, 0.3) is 11.2 Å². The molecule has 2 aliphatic carbocycles. The number of hydrogen-bond acceptors (Lipinski definition) is 2. The predicted molar refractivity (Wildman–Crippen MR) is 118 cm³/mol. The van der Waals surface area contributed by atoms with E-state index >= 15 is 0 Å². The minimum Gasteiger partial charge on any atom is -0.334 e. The average Bonchev–Trinajstić information content (AvgIpc) is 3.33. The van der Waals surface area contributed by atoms with E-state index in [1.54, 1.807) is 11.1 Å². The molecule has 2 aliphatic rings. The lowest BCUT2D eigenvalue weighted by atomic mass is 9.68. The van der Waals surface area contributed by atoms with Crippen molar-refractivity contribution in [2.75, 3.05) is 0 Å². The molecule has 3 heteroatoms. The summed E-state index contributed by atoms with van der Waals surface area (Å²) in [5, 5.41) is 0. The highest BCUT2D eigenvalue weighted by Crippen LogP contribution is 2.53. The van der Waals surface area contributed by atoms with Crippen molar-refractivity contribution in [2.45, 2.75) is 91.9 Å². The number of hydrogen-bond donors (Lipinski definition) is 0. The van der Waals surface area contributed by atoms with Crippen molar-refractivity contribution in [3.05, 3.63) is 34.8 Å². The van der Waals surface area contributed by atoms with Gasteiger partial charge in [-0.05, 0) is 61.8 Å². The van der Waals surface area contributed by atoms with Gasteiger partial charge in [-0.15, -0.1) is 0 Å². The van der Waals surface area contributed by atoms with Crippen LogP contribution in [0.4, 0.5) is 0 Å². The summed E-state index contributed by atoms with van der Waals surface area (Å²) in [6.45, 7) is 12.0. The van der Waals surface area contributed by atoms with Gasteiger partial charge in [0.15, 0.2) is 5.65 Å². The zero-order chi connectivity index (χ0) is 20.1. The second-order valence-electron chi connectivity index (χ2n) is 10.9. The second-order valence-corrected chi connectivity index (χ2v) is 10.9. The van der Waals surface area contributed by atoms with Crippen LogP contribution in [0, 0.1) is 17.8 Å². The maximum absolute atomic E-state index is 5.12. The molecule has 0 aliphatic heterocycles. The van der Waals surface area contributed by atoms with Crippen LogP contribution in [0.15, 0.2) is 23.5 Å². The maximum atomic E-state index is 5.12. The molecule has 0 saturated carbocycles. The van der Waals surface area contributed by atoms with Crippen LogP contribution < -0.4 is 0 Å². The summed E-state index contributed by atoms with van der Waals surface area (Å²) >= 11 is 0. The Morgan fingerprint density at radius 1 is 1.11 bits per heavy atom. The first-order chi connectivity index (χ1) is 13.2. The fraction of sp³-hybridized carbons (Fsp3) is 0.680. The van der Waals surface area contributed by atoms with E-state index in [1.165, 1.54) is 62.6 Å². The van der Waals surface area contributed by atoms with Crippen molar-refractivity contribution in [3.8, 4) is 0 Å². The van der Waals surface area contributed by atoms with E-state index in [-0.39, 0.29) is 0 Å². The Hall–Kier alpha value is -1.64. The highest BCUT2D eigenvalue weighted by Gasteiger charge is 2.39. The Morgan fingerprint density at radius 3 is 2.68 bits per heavy atom. The summed E-state index contributed by atoms with van der Waals surface area (Å²) in [5.41, 5.74) is 8.70. The van der Waals surface area contributed by atoms with Crippen molar-refractivity contribution >= 4 is 11.2 Å². The summed E-state index contributed by atoms with van der Waals surface area (Å²) in [5.74, 6) is 0.509. The zero-order valence-corrected chi connectivity index (χ0v) is 18.7. The molecule has 0 spiro atoms. The molecule has 0 fully saturated rings. The minimum atomic E-state index is 0.302. The standard InChI is InChI=1S/C25H37N3/c1-17-15-28(6)23-22(17)27-21(14-26-23)19-11-9-7-8-10-18-12-20(18)25(4,5)16-24(2,3)13-19/h14-15,19H,7-13,16H2,1-6H3. The van der Waals surface area contributed by atoms with Crippen molar-refractivity contribution < 1.29 is 0 Å². The van der Waals surface area contributed by atoms with Crippen molar-refractivity contribution in [1.82, 2.24) is 14.5 Å². The van der Waals surface area contributed by atoms with Gasteiger partial charge in [0.25, 0.3) is 0 Å². The van der Waals surface area contributed by atoms with Crippen molar-refractivity contribution in [1.29, 1.82) is 0 Å². The summed E-state index contributed by atoms with van der Waals surface area (Å²) in [7, 11) is 2.06. The van der Waals surface area contributed by atoms with Gasteiger partial charge in [0, 0.05) is 19.2 Å². The molecule has 1 atom stereocenters. The van der Waals surface area contributed by atoms with E-state index in [0.29, 0.717) is 16.7 Å². The van der Waals surface area contributed by atoms with E-state index < -0.39 is 0 Å². The molecule has 2 heterocycles. The lowest BCUT2D eigenvalue weighted by Gasteiger charge is -2.36. The summed E-state index contributed by atoms with van der Waals surface area (Å²) in [6, 6.07) is 0. The van der Waals surface area contributed by atoms with Gasteiger partial charge in [-0.25, -0.2) is 9.97 Å². The van der Waals surface area contributed by atoms with E-state index in [0.717, 1.165) is 11.2 Å². The highest BCUT2D eigenvalue weighted by atomic mass is 15.0. The van der Waals surface area contributed by atoms with Crippen molar-refractivity contribution in [2.24, 2.45) is 17.9 Å². The van der Waals surface area contributed by atoms with Crippen LogP contribution in [0.3, 0.4) is 0 Å². The highest BCUT2D eigenvalue weighted by molar-refractivity contribution is 5.75. The van der Waals surface area contributed by atoms with Gasteiger partial charge >= 0.3 is 0 Å². The molecule has 2 aromatic heterocycles. The Labute approximate surface area is 170 Å². The number of allylic oxidation sites excluding steroid dienone is 2. The lowest BCUT2D eigenvalue weighted by Crippen LogP contribution is -2.25. The Balaban J connectivity index is 1.64. The van der Waals surface area contributed by atoms with Gasteiger partial charge in [-0.3, -0.25) is 0 Å². The van der Waals surface area contributed by atoms with Crippen LogP contribution in [0.5, 0.6) is 0 Å². The minimum absolute atomic E-state index is 0.302. The topological polar surface area (TPSA) is 30.7 Å². The van der Waals surface area contributed by atoms with Crippen LogP contribution in [0.1, 0.15) is 96.2 Å². The Bertz CT molecular complexity index is 913. The number of nitrogens with zero attached hydrogens (tertiary/aromatic N) is 3. The molecule has 2 aromatic rings. The van der Waals surface area contributed by atoms with Gasteiger partial charge < -0.3 is 4.57 Å². The largest absolute Gasteiger partial charge is 0.334 e. The van der Waals surface area contributed by atoms with E-state index in [1.807, 2.05) is 0 Å². The van der Waals surface area contributed by atoms with Crippen LogP contribution in [-0.4, -0.2) is 14.5 Å². The van der Waals surface area contributed by atoms with Crippen molar-refractivity contribution in [3.63, 3.8) is 0 Å². The molecule has 152 valence electrons. The summed E-state index contributed by atoms with van der Waals surface area (Å²) < 4.78 is 2.09. The maximum Gasteiger partial charge on any atom is 0.158 e. The fourth-order valence-corrected chi connectivity index (χ4v) is 5.96. The molecular weight excluding hydrogens is 342 g/mol. The number of fused-ring (bicyclic) bond motifs is 1. The summed E-state index contributed by atoms with van der Waals surface area (Å²) in [4.78, 5) is 9.91. The monoisotopic (exact) mass is 379 g/mol. The Morgan fingerprint density at radius 2 is 1.89 bits per heavy atom. The third-order valence-electron chi connectivity index (χ3n) is 7.04. The molecule has 0 radical (unpaired) electrons. The summed E-state index contributed by atoms with van der Waals surface area (Å²) in [6.07, 6.45) is 14.5. The Kier molecular flexibility index (Phi) is 4.92. The van der Waals surface area contributed by atoms with E-state index in [9.17, 15) is 0 Å². The number of aryl methyl sites for hydroxylation is 2. The molecule has 0 saturated heterocycles. The average molecular weight is 380 g/mol. The fourth-order valence-electron chi connectivity index (χ4n) is 5.96. The third kappa shape index (κ3) is 3.90. The van der Waals surface area contributed by atoms with Gasteiger partial charge in [0.2, 0.25) is 0 Å². The number of rotatable bonds is 1. The van der Waals surface area contributed by atoms with Gasteiger partial charge in [0.1, 0.15) is 5.52 Å². The normalized spacial score (nSPS) is 25.1. The zero-order valence-electron chi connectivity index (χ0n) is 18.7. The van der Waals surface area contributed by atoms with Gasteiger partial charge in [-0.1, -0.05) is 51.7 Å². The molecular formula is C25H37N3.